The molecule has 0 radical (unpaired) electrons. The zero-order valence-corrected chi connectivity index (χ0v) is 7.02. The van der Waals surface area contributed by atoms with Crippen LogP contribution in [0.25, 0.3) is 0 Å². The zero-order valence-electron chi connectivity index (χ0n) is 7.02. The number of hydrogen-bond acceptors (Lipinski definition) is 2. The van der Waals surface area contributed by atoms with Crippen molar-refractivity contribution in [3.8, 4) is 0 Å². The van der Waals surface area contributed by atoms with Crippen LogP contribution < -0.4 is 0 Å². The molecule has 0 aromatic rings. The van der Waals surface area contributed by atoms with E-state index >= 15 is 0 Å². The van der Waals surface area contributed by atoms with Gasteiger partial charge in [0, 0.05) is 13.3 Å². The Morgan fingerprint density at radius 2 is 1.80 bits per heavy atom. The van der Waals surface area contributed by atoms with Crippen molar-refractivity contribution in [3.63, 3.8) is 0 Å². The Bertz CT molecular complexity index is 153. The SMILES string of the molecule is CCC(OC(C)=O)=C(C)C. The molecule has 0 spiro atoms. The van der Waals surface area contributed by atoms with Crippen LogP contribution in [0.5, 0.6) is 0 Å². The topological polar surface area (TPSA) is 26.3 Å². The van der Waals surface area contributed by atoms with Gasteiger partial charge in [0.25, 0.3) is 0 Å². The van der Waals surface area contributed by atoms with Crippen LogP contribution in [-0.2, 0) is 9.53 Å². The summed E-state index contributed by atoms with van der Waals surface area (Å²) in [5.74, 6) is 0.547. The van der Waals surface area contributed by atoms with Crippen molar-refractivity contribution in [3.05, 3.63) is 11.3 Å². The molecule has 0 amide bonds. The molecule has 0 aromatic heterocycles. The first-order chi connectivity index (χ1) is 4.57. The second kappa shape index (κ2) is 4.09. The van der Waals surface area contributed by atoms with E-state index in [0.29, 0.717) is 0 Å². The van der Waals surface area contributed by atoms with E-state index in [-0.39, 0.29) is 5.97 Å². The predicted octanol–water partition coefficient (Wildman–Crippen LogP) is 2.25. The monoisotopic (exact) mass is 142 g/mol. The Balaban J connectivity index is 4.11. The number of esters is 1. The molecular formula is C8H14O2. The molecule has 0 rings (SSSR count). The van der Waals surface area contributed by atoms with Crippen LogP contribution in [0.15, 0.2) is 11.3 Å². The molecule has 0 saturated carbocycles. The Morgan fingerprint density at radius 1 is 1.30 bits per heavy atom. The van der Waals surface area contributed by atoms with E-state index in [0.717, 1.165) is 17.8 Å². The Morgan fingerprint density at radius 3 is 1.90 bits per heavy atom. The van der Waals surface area contributed by atoms with Crippen molar-refractivity contribution in [2.45, 2.75) is 34.1 Å². The predicted molar refractivity (Wildman–Crippen MR) is 40.4 cm³/mol. The minimum absolute atomic E-state index is 0.238. The first-order valence-corrected chi connectivity index (χ1v) is 3.42. The largest absolute Gasteiger partial charge is 0.431 e. The van der Waals surface area contributed by atoms with Crippen LogP contribution in [0, 0.1) is 0 Å². The summed E-state index contributed by atoms with van der Waals surface area (Å²) in [5, 5.41) is 0. The second-order valence-corrected chi connectivity index (χ2v) is 2.37. The summed E-state index contributed by atoms with van der Waals surface area (Å²) in [4.78, 5) is 10.5. The number of carbonyl (C=O) groups excluding carboxylic acids is 1. The Labute approximate surface area is 61.9 Å². The van der Waals surface area contributed by atoms with Gasteiger partial charge in [-0.25, -0.2) is 0 Å². The number of carbonyl (C=O) groups is 1. The molecule has 0 bridgehead atoms. The van der Waals surface area contributed by atoms with Gasteiger partial charge in [0.2, 0.25) is 0 Å². The maximum absolute atomic E-state index is 10.5. The summed E-state index contributed by atoms with van der Waals surface area (Å²) < 4.78 is 4.90. The van der Waals surface area contributed by atoms with Crippen molar-refractivity contribution < 1.29 is 9.53 Å². The van der Waals surface area contributed by atoms with Crippen LogP contribution in [0.1, 0.15) is 34.1 Å². The minimum Gasteiger partial charge on any atom is -0.431 e. The minimum atomic E-state index is -0.238. The molecule has 0 N–H and O–H groups in total. The summed E-state index contributed by atoms with van der Waals surface area (Å²) in [6, 6.07) is 0. The van der Waals surface area contributed by atoms with Crippen molar-refractivity contribution in [2.75, 3.05) is 0 Å². The summed E-state index contributed by atoms with van der Waals surface area (Å²) in [7, 11) is 0. The fourth-order valence-corrected chi connectivity index (χ4v) is 0.701. The number of ether oxygens (including phenoxy) is 1. The van der Waals surface area contributed by atoms with E-state index in [1.807, 2.05) is 20.8 Å². The van der Waals surface area contributed by atoms with Gasteiger partial charge >= 0.3 is 5.97 Å². The maximum Gasteiger partial charge on any atom is 0.307 e. The molecule has 0 unspecified atom stereocenters. The third-order valence-corrected chi connectivity index (χ3v) is 1.15. The van der Waals surface area contributed by atoms with E-state index < -0.39 is 0 Å². The van der Waals surface area contributed by atoms with Crippen molar-refractivity contribution >= 4 is 5.97 Å². The highest BCUT2D eigenvalue weighted by Gasteiger charge is 1.99. The van der Waals surface area contributed by atoms with E-state index in [9.17, 15) is 4.79 Å². The smallest absolute Gasteiger partial charge is 0.307 e. The van der Waals surface area contributed by atoms with Gasteiger partial charge in [0.15, 0.2) is 0 Å². The Kier molecular flexibility index (Phi) is 3.77. The zero-order chi connectivity index (χ0) is 8.15. The van der Waals surface area contributed by atoms with Gasteiger partial charge in [-0.1, -0.05) is 6.92 Å². The molecule has 0 aliphatic heterocycles. The molecule has 0 atom stereocenters. The summed E-state index contributed by atoms with van der Waals surface area (Å²) in [6.07, 6.45) is 0.780. The fourth-order valence-electron chi connectivity index (χ4n) is 0.701. The van der Waals surface area contributed by atoms with Gasteiger partial charge < -0.3 is 4.74 Å². The van der Waals surface area contributed by atoms with Gasteiger partial charge in [0.05, 0.1) is 0 Å². The summed E-state index contributed by atoms with van der Waals surface area (Å²) in [6.45, 7) is 7.24. The molecule has 2 heteroatoms. The quantitative estimate of drug-likeness (QED) is 0.436. The second-order valence-electron chi connectivity index (χ2n) is 2.37. The van der Waals surface area contributed by atoms with E-state index in [4.69, 9.17) is 4.74 Å². The molecule has 0 fully saturated rings. The van der Waals surface area contributed by atoms with Gasteiger partial charge in [-0.15, -0.1) is 0 Å². The van der Waals surface area contributed by atoms with Crippen molar-refractivity contribution in [1.82, 2.24) is 0 Å². The standard InChI is InChI=1S/C8H14O2/c1-5-8(6(2)3)10-7(4)9/h5H2,1-4H3. The molecule has 2 nitrogen and oxygen atoms in total. The molecule has 58 valence electrons. The van der Waals surface area contributed by atoms with Crippen LogP contribution >= 0.6 is 0 Å². The number of hydrogen-bond donors (Lipinski definition) is 0. The van der Waals surface area contributed by atoms with Gasteiger partial charge in [-0.2, -0.15) is 0 Å². The van der Waals surface area contributed by atoms with Crippen LogP contribution in [0.3, 0.4) is 0 Å². The fraction of sp³-hybridized carbons (Fsp3) is 0.625. The molecule has 0 aliphatic rings. The average Bonchev–Trinajstić information content (AvgIpc) is 1.81. The first-order valence-electron chi connectivity index (χ1n) is 3.42. The van der Waals surface area contributed by atoms with Gasteiger partial charge in [-0.3, -0.25) is 4.79 Å². The summed E-state index contributed by atoms with van der Waals surface area (Å²) in [5.41, 5.74) is 1.07. The normalized spacial score (nSPS) is 8.80. The number of rotatable bonds is 2. The first kappa shape index (κ1) is 9.21. The maximum atomic E-state index is 10.5. The summed E-state index contributed by atoms with van der Waals surface area (Å²) >= 11 is 0. The lowest BCUT2D eigenvalue weighted by atomic mass is 10.2. The Hall–Kier alpha value is -0.790. The molecular weight excluding hydrogens is 128 g/mol. The van der Waals surface area contributed by atoms with Crippen LogP contribution in [0.4, 0.5) is 0 Å². The third-order valence-electron chi connectivity index (χ3n) is 1.15. The van der Waals surface area contributed by atoms with Gasteiger partial charge in [-0.05, 0) is 19.4 Å². The van der Waals surface area contributed by atoms with E-state index in [2.05, 4.69) is 0 Å². The third kappa shape index (κ3) is 3.28. The van der Waals surface area contributed by atoms with Crippen LogP contribution in [0.2, 0.25) is 0 Å². The molecule has 10 heavy (non-hydrogen) atoms. The molecule has 0 heterocycles. The van der Waals surface area contributed by atoms with E-state index in [1.54, 1.807) is 0 Å². The lowest BCUT2D eigenvalue weighted by Crippen LogP contribution is -1.99. The van der Waals surface area contributed by atoms with Crippen LogP contribution in [-0.4, -0.2) is 5.97 Å². The van der Waals surface area contributed by atoms with E-state index in [1.165, 1.54) is 6.92 Å². The number of allylic oxidation sites excluding steroid dienone is 2. The lowest BCUT2D eigenvalue weighted by molar-refractivity contribution is -0.137. The molecule has 0 saturated heterocycles. The molecule has 0 aromatic carbocycles. The molecule has 0 aliphatic carbocycles. The highest BCUT2D eigenvalue weighted by atomic mass is 16.5. The lowest BCUT2D eigenvalue weighted by Gasteiger charge is -2.05. The highest BCUT2D eigenvalue weighted by molar-refractivity contribution is 5.67. The van der Waals surface area contributed by atoms with Gasteiger partial charge in [0.1, 0.15) is 5.76 Å². The van der Waals surface area contributed by atoms with Crippen molar-refractivity contribution in [2.24, 2.45) is 0 Å². The van der Waals surface area contributed by atoms with Crippen molar-refractivity contribution in [1.29, 1.82) is 0 Å². The average molecular weight is 142 g/mol. The highest BCUT2D eigenvalue weighted by Crippen LogP contribution is 2.08.